The highest BCUT2D eigenvalue weighted by atomic mass is 32.2. The molecule has 2 rings (SSSR count). The molecule has 20 heavy (non-hydrogen) atoms. The molecule has 0 aliphatic heterocycles. The van der Waals surface area contributed by atoms with Crippen LogP contribution in [0.1, 0.15) is 63.3 Å². The van der Waals surface area contributed by atoms with Gasteiger partial charge in [0, 0.05) is 11.3 Å². The summed E-state index contributed by atoms with van der Waals surface area (Å²) in [5.74, 6) is 0.955. The van der Waals surface area contributed by atoms with Crippen molar-refractivity contribution in [2.75, 3.05) is 6.54 Å². The number of nitrogens with one attached hydrogen (secondary N) is 1. The van der Waals surface area contributed by atoms with Crippen LogP contribution in [0.2, 0.25) is 0 Å². The predicted molar refractivity (Wildman–Crippen MR) is 85.4 cm³/mol. The number of hydrogen-bond donors (Lipinski definition) is 1. The van der Waals surface area contributed by atoms with E-state index in [0.29, 0.717) is 11.3 Å². The Bertz CT molecular complexity index is 384. The summed E-state index contributed by atoms with van der Waals surface area (Å²) in [7, 11) is 0. The van der Waals surface area contributed by atoms with Gasteiger partial charge in [0.2, 0.25) is 0 Å². The fourth-order valence-electron chi connectivity index (χ4n) is 2.78. The minimum atomic E-state index is 0.597. The van der Waals surface area contributed by atoms with Crippen LogP contribution in [0, 0.1) is 13.8 Å². The number of hydrogen-bond acceptors (Lipinski definition) is 4. The molecule has 1 fully saturated rings. The molecular weight excluding hydrogens is 268 g/mol. The summed E-state index contributed by atoms with van der Waals surface area (Å²) in [6, 6.07) is 0.604. The lowest BCUT2D eigenvalue weighted by Gasteiger charge is -2.28. The van der Waals surface area contributed by atoms with Crippen LogP contribution in [-0.4, -0.2) is 22.8 Å². The van der Waals surface area contributed by atoms with Crippen molar-refractivity contribution in [3.8, 4) is 0 Å². The van der Waals surface area contributed by atoms with Gasteiger partial charge in [-0.3, -0.25) is 0 Å². The van der Waals surface area contributed by atoms with E-state index in [0.717, 1.165) is 23.2 Å². The third kappa shape index (κ3) is 4.52. The Hall–Kier alpha value is -0.480. The Morgan fingerprint density at radius 1 is 1.20 bits per heavy atom. The van der Waals surface area contributed by atoms with Crippen molar-refractivity contribution < 1.29 is 4.42 Å². The van der Waals surface area contributed by atoms with Gasteiger partial charge in [-0.25, -0.2) is 4.98 Å². The molecule has 114 valence electrons. The Morgan fingerprint density at radius 2 is 1.95 bits per heavy atom. The maximum absolute atomic E-state index is 5.77. The Labute approximate surface area is 127 Å². The van der Waals surface area contributed by atoms with Gasteiger partial charge in [-0.15, -0.1) is 0 Å². The lowest BCUT2D eigenvalue weighted by Crippen LogP contribution is -2.39. The fourth-order valence-corrected chi connectivity index (χ4v) is 4.08. The molecule has 0 radical (unpaired) electrons. The first-order valence-corrected chi connectivity index (χ1v) is 8.92. The molecule has 1 saturated carbocycles. The molecular formula is C16H28N2OS. The summed E-state index contributed by atoms with van der Waals surface area (Å²) in [6.45, 7) is 7.37. The molecule has 0 amide bonds. The maximum atomic E-state index is 5.77. The van der Waals surface area contributed by atoms with Gasteiger partial charge >= 0.3 is 0 Å². The first kappa shape index (κ1) is 15.9. The van der Waals surface area contributed by atoms with Gasteiger partial charge in [0.15, 0.2) is 0 Å². The van der Waals surface area contributed by atoms with E-state index < -0.39 is 0 Å². The summed E-state index contributed by atoms with van der Waals surface area (Å²) in [5.41, 5.74) is 1.02. The molecule has 0 saturated heterocycles. The van der Waals surface area contributed by atoms with Crippen LogP contribution < -0.4 is 5.32 Å². The Balaban J connectivity index is 2.01. The van der Waals surface area contributed by atoms with Gasteiger partial charge in [0.05, 0.1) is 5.69 Å². The highest BCUT2D eigenvalue weighted by Gasteiger charge is 2.25. The van der Waals surface area contributed by atoms with Crippen LogP contribution in [0.15, 0.2) is 9.64 Å². The van der Waals surface area contributed by atoms with E-state index in [1.165, 1.54) is 44.9 Å². The third-order valence-electron chi connectivity index (χ3n) is 4.12. The van der Waals surface area contributed by atoms with E-state index in [4.69, 9.17) is 4.42 Å². The van der Waals surface area contributed by atoms with Gasteiger partial charge in [-0.05, 0) is 39.7 Å². The van der Waals surface area contributed by atoms with Gasteiger partial charge in [0.25, 0.3) is 5.22 Å². The molecule has 0 aromatic carbocycles. The quantitative estimate of drug-likeness (QED) is 0.869. The summed E-state index contributed by atoms with van der Waals surface area (Å²) < 4.78 is 5.77. The molecule has 1 heterocycles. The Morgan fingerprint density at radius 3 is 2.60 bits per heavy atom. The number of oxazole rings is 1. The highest BCUT2D eigenvalue weighted by molar-refractivity contribution is 7.99. The zero-order chi connectivity index (χ0) is 14.4. The van der Waals surface area contributed by atoms with E-state index in [9.17, 15) is 0 Å². The monoisotopic (exact) mass is 296 g/mol. The van der Waals surface area contributed by atoms with Gasteiger partial charge < -0.3 is 9.73 Å². The summed E-state index contributed by atoms with van der Waals surface area (Å²) in [4.78, 5) is 4.54. The van der Waals surface area contributed by atoms with Gasteiger partial charge in [-0.1, -0.05) is 44.4 Å². The molecule has 1 N–H and O–H groups in total. The van der Waals surface area contributed by atoms with Crippen molar-refractivity contribution >= 4 is 11.8 Å². The van der Waals surface area contributed by atoms with Crippen LogP contribution in [0.4, 0.5) is 0 Å². The second kappa shape index (κ2) is 8.08. The van der Waals surface area contributed by atoms with Gasteiger partial charge in [-0.2, -0.15) is 0 Å². The van der Waals surface area contributed by atoms with Crippen LogP contribution in [0.5, 0.6) is 0 Å². The van der Waals surface area contributed by atoms with Crippen molar-refractivity contribution in [3.05, 3.63) is 11.5 Å². The van der Waals surface area contributed by atoms with Crippen LogP contribution >= 0.6 is 11.8 Å². The van der Waals surface area contributed by atoms with Crippen molar-refractivity contribution in [2.24, 2.45) is 0 Å². The lowest BCUT2D eigenvalue weighted by atomic mass is 9.96. The molecule has 0 spiro atoms. The van der Waals surface area contributed by atoms with Gasteiger partial charge in [0.1, 0.15) is 5.76 Å². The third-order valence-corrected chi connectivity index (χ3v) is 5.36. The number of thioether (sulfide) groups is 1. The smallest absolute Gasteiger partial charge is 0.256 e. The average Bonchev–Trinajstić information content (AvgIpc) is 2.71. The van der Waals surface area contributed by atoms with E-state index in [1.54, 1.807) is 0 Å². The van der Waals surface area contributed by atoms with Crippen molar-refractivity contribution in [3.63, 3.8) is 0 Å². The lowest BCUT2D eigenvalue weighted by molar-refractivity contribution is 0.392. The zero-order valence-electron chi connectivity index (χ0n) is 13.1. The summed E-state index contributed by atoms with van der Waals surface area (Å²) in [6.07, 6.45) is 9.21. The maximum Gasteiger partial charge on any atom is 0.256 e. The second-order valence-corrected chi connectivity index (χ2v) is 7.02. The predicted octanol–water partition coefficient (Wildman–Crippen LogP) is 4.47. The van der Waals surface area contributed by atoms with Crippen molar-refractivity contribution in [1.82, 2.24) is 10.3 Å². The summed E-state index contributed by atoms with van der Waals surface area (Å²) in [5, 5.41) is 5.19. The number of rotatable bonds is 5. The standard InChI is InChI=1S/C16H28N2OS/c1-4-11-17-14-9-7-5-6-8-10-15(14)20-16-18-12(2)13(3)19-16/h14-15,17H,4-11H2,1-3H3. The molecule has 1 aliphatic carbocycles. The SMILES string of the molecule is CCCNC1CCCCCCC1Sc1nc(C)c(C)o1. The van der Waals surface area contributed by atoms with E-state index in [-0.39, 0.29) is 0 Å². The summed E-state index contributed by atoms with van der Waals surface area (Å²) >= 11 is 1.84. The average molecular weight is 296 g/mol. The van der Waals surface area contributed by atoms with Crippen molar-refractivity contribution in [1.29, 1.82) is 0 Å². The number of aromatic nitrogens is 1. The molecule has 1 aromatic rings. The normalized spacial score (nSPS) is 24.4. The largest absolute Gasteiger partial charge is 0.437 e. The first-order chi connectivity index (χ1) is 9.70. The molecule has 1 aromatic heterocycles. The fraction of sp³-hybridized carbons (Fsp3) is 0.812. The second-order valence-electron chi connectivity index (χ2n) is 5.83. The van der Waals surface area contributed by atoms with Crippen LogP contribution in [-0.2, 0) is 0 Å². The minimum absolute atomic E-state index is 0.597. The van der Waals surface area contributed by atoms with E-state index in [2.05, 4.69) is 17.2 Å². The topological polar surface area (TPSA) is 38.1 Å². The molecule has 2 atom stereocenters. The molecule has 4 heteroatoms. The number of nitrogens with zero attached hydrogens (tertiary/aromatic N) is 1. The molecule has 1 aliphatic rings. The first-order valence-electron chi connectivity index (χ1n) is 8.04. The molecule has 0 bridgehead atoms. The van der Waals surface area contributed by atoms with Crippen LogP contribution in [0.25, 0.3) is 0 Å². The van der Waals surface area contributed by atoms with Crippen molar-refractivity contribution in [2.45, 2.75) is 82.2 Å². The van der Waals surface area contributed by atoms with E-state index >= 15 is 0 Å². The molecule has 3 nitrogen and oxygen atoms in total. The minimum Gasteiger partial charge on any atom is -0.437 e. The number of aryl methyl sites for hydroxylation is 2. The zero-order valence-corrected chi connectivity index (χ0v) is 13.9. The van der Waals surface area contributed by atoms with E-state index in [1.807, 2.05) is 25.6 Å². The Kier molecular flexibility index (Phi) is 6.43. The molecule has 2 unspecified atom stereocenters. The van der Waals surface area contributed by atoms with Crippen LogP contribution in [0.3, 0.4) is 0 Å². The highest BCUT2D eigenvalue weighted by Crippen LogP contribution is 2.33.